The van der Waals surface area contributed by atoms with Crippen molar-refractivity contribution < 1.29 is 19.5 Å². The zero-order valence-electron chi connectivity index (χ0n) is 13.1. The number of carboxylic acids is 1. The Balaban J connectivity index is 1.81. The SMILES string of the molecule is O=C1NC2(C(=O)O)C(=O)C2/C=C\CCCCNCN2CCCC12. The van der Waals surface area contributed by atoms with E-state index in [1.165, 1.54) is 0 Å². The van der Waals surface area contributed by atoms with Crippen molar-refractivity contribution in [1.29, 1.82) is 0 Å². The third-order valence-corrected chi connectivity index (χ3v) is 5.00. The lowest BCUT2D eigenvalue weighted by molar-refractivity contribution is -0.145. The van der Waals surface area contributed by atoms with E-state index >= 15 is 0 Å². The van der Waals surface area contributed by atoms with Crippen molar-refractivity contribution in [3.8, 4) is 0 Å². The molecule has 0 aromatic rings. The summed E-state index contributed by atoms with van der Waals surface area (Å²) >= 11 is 0. The molecule has 1 aliphatic carbocycles. The maximum atomic E-state index is 12.5. The van der Waals surface area contributed by atoms with Gasteiger partial charge in [0.15, 0.2) is 5.78 Å². The van der Waals surface area contributed by atoms with Crippen LogP contribution in [0.25, 0.3) is 0 Å². The van der Waals surface area contributed by atoms with Crippen LogP contribution >= 0.6 is 0 Å². The lowest BCUT2D eigenvalue weighted by Crippen LogP contribution is -2.54. The molecule has 126 valence electrons. The quantitative estimate of drug-likeness (QED) is 0.460. The molecule has 2 aliphatic heterocycles. The van der Waals surface area contributed by atoms with Crippen LogP contribution in [0.1, 0.15) is 32.1 Å². The van der Waals surface area contributed by atoms with Crippen molar-refractivity contribution >= 4 is 17.7 Å². The van der Waals surface area contributed by atoms with Crippen molar-refractivity contribution in [2.24, 2.45) is 5.92 Å². The summed E-state index contributed by atoms with van der Waals surface area (Å²) in [4.78, 5) is 38.3. The van der Waals surface area contributed by atoms with Gasteiger partial charge in [-0.2, -0.15) is 0 Å². The number of rotatable bonds is 1. The molecule has 0 aromatic carbocycles. The van der Waals surface area contributed by atoms with Crippen molar-refractivity contribution in [3.05, 3.63) is 12.2 Å². The number of hydrogen-bond acceptors (Lipinski definition) is 5. The highest BCUT2D eigenvalue weighted by Crippen LogP contribution is 2.41. The molecule has 1 saturated heterocycles. The van der Waals surface area contributed by atoms with Gasteiger partial charge >= 0.3 is 5.97 Å². The molecule has 23 heavy (non-hydrogen) atoms. The number of ketones is 1. The van der Waals surface area contributed by atoms with E-state index in [0.717, 1.165) is 38.8 Å². The molecular weight excluding hydrogens is 298 g/mol. The minimum Gasteiger partial charge on any atom is -0.479 e. The monoisotopic (exact) mass is 321 g/mol. The van der Waals surface area contributed by atoms with Gasteiger partial charge < -0.3 is 15.7 Å². The fourth-order valence-electron chi connectivity index (χ4n) is 3.55. The molecule has 3 rings (SSSR count). The van der Waals surface area contributed by atoms with Crippen molar-refractivity contribution in [2.75, 3.05) is 19.8 Å². The predicted octanol–water partition coefficient (Wildman–Crippen LogP) is -0.123. The lowest BCUT2D eigenvalue weighted by Gasteiger charge is -2.25. The molecule has 1 amide bonds. The Bertz CT molecular complexity index is 547. The van der Waals surface area contributed by atoms with Gasteiger partial charge in [-0.1, -0.05) is 12.2 Å². The van der Waals surface area contributed by atoms with E-state index in [9.17, 15) is 19.5 Å². The largest absolute Gasteiger partial charge is 0.479 e. The summed E-state index contributed by atoms with van der Waals surface area (Å²) in [6.07, 6.45) is 7.89. The fourth-order valence-corrected chi connectivity index (χ4v) is 3.55. The van der Waals surface area contributed by atoms with Crippen LogP contribution < -0.4 is 10.6 Å². The van der Waals surface area contributed by atoms with Gasteiger partial charge in [0, 0.05) is 13.2 Å². The number of carboxylic acid groups (broad SMARTS) is 1. The minimum atomic E-state index is -1.75. The lowest BCUT2D eigenvalue weighted by atomic mass is 10.1. The zero-order valence-corrected chi connectivity index (χ0v) is 13.1. The highest BCUT2D eigenvalue weighted by molar-refractivity contribution is 6.27. The number of Topliss-reactive ketones (excluding diaryl/α,β-unsaturated/α-hetero) is 1. The van der Waals surface area contributed by atoms with Gasteiger partial charge in [-0.15, -0.1) is 0 Å². The molecule has 3 aliphatic rings. The Labute approximate surface area is 135 Å². The molecule has 2 fully saturated rings. The highest BCUT2D eigenvalue weighted by Gasteiger charge is 2.71. The van der Waals surface area contributed by atoms with Crippen LogP contribution in [0.15, 0.2) is 12.2 Å². The minimum absolute atomic E-state index is 0.354. The topological polar surface area (TPSA) is 98.7 Å². The van der Waals surface area contributed by atoms with Gasteiger partial charge in [-0.3, -0.25) is 14.5 Å². The molecule has 3 N–H and O–H groups in total. The average Bonchev–Trinajstić information content (AvgIpc) is 2.87. The van der Waals surface area contributed by atoms with Gasteiger partial charge in [-0.25, -0.2) is 4.79 Å². The second-order valence-electron chi connectivity index (χ2n) is 6.50. The first kappa shape index (κ1) is 16.1. The molecule has 0 radical (unpaired) electrons. The molecule has 1 saturated carbocycles. The standard InChI is InChI=1S/C16H23N3O4/c20-13-11-6-3-1-2-4-8-17-10-19-9-5-7-12(19)14(21)18-16(11,13)15(22)23/h3,6,11-12,17H,1-2,4-5,7-10H2,(H,18,21)(H,22,23)/b6-3-. The average molecular weight is 321 g/mol. The maximum absolute atomic E-state index is 12.5. The van der Waals surface area contributed by atoms with Crippen molar-refractivity contribution in [2.45, 2.75) is 43.7 Å². The molecule has 0 spiro atoms. The predicted molar refractivity (Wildman–Crippen MR) is 82.6 cm³/mol. The maximum Gasteiger partial charge on any atom is 0.338 e. The molecule has 0 aromatic heterocycles. The van der Waals surface area contributed by atoms with E-state index < -0.39 is 23.2 Å². The summed E-state index contributed by atoms with van der Waals surface area (Å²) in [6.45, 7) is 2.31. The zero-order chi connectivity index (χ0) is 16.4. The second kappa shape index (κ2) is 6.41. The van der Waals surface area contributed by atoms with Crippen LogP contribution in [0.2, 0.25) is 0 Å². The number of nitrogens with one attached hydrogen (secondary N) is 2. The van der Waals surface area contributed by atoms with Crippen molar-refractivity contribution in [1.82, 2.24) is 15.5 Å². The first-order valence-corrected chi connectivity index (χ1v) is 8.28. The number of hydrogen-bond donors (Lipinski definition) is 3. The molecule has 3 unspecified atom stereocenters. The van der Waals surface area contributed by atoms with Crippen LogP contribution in [-0.4, -0.2) is 59.0 Å². The summed E-state index contributed by atoms with van der Waals surface area (Å²) in [6, 6.07) is -0.361. The van der Waals surface area contributed by atoms with E-state index in [-0.39, 0.29) is 11.9 Å². The number of carbonyl (C=O) groups is 3. The Morgan fingerprint density at radius 3 is 2.91 bits per heavy atom. The molecule has 7 heteroatoms. The number of allylic oxidation sites excluding steroid dienone is 1. The number of carbonyl (C=O) groups excluding carboxylic acids is 2. The Kier molecular flexibility index (Phi) is 4.50. The van der Waals surface area contributed by atoms with E-state index in [2.05, 4.69) is 10.6 Å². The molecule has 2 heterocycles. The molecule has 0 bridgehead atoms. The summed E-state index contributed by atoms with van der Waals surface area (Å²) in [5.41, 5.74) is -1.75. The van der Waals surface area contributed by atoms with Crippen LogP contribution in [-0.2, 0) is 14.4 Å². The third kappa shape index (κ3) is 2.90. The summed E-state index contributed by atoms with van der Waals surface area (Å²) in [7, 11) is 0. The van der Waals surface area contributed by atoms with Gasteiger partial charge in [0.25, 0.3) is 0 Å². The first-order valence-electron chi connectivity index (χ1n) is 8.28. The highest BCUT2D eigenvalue weighted by atomic mass is 16.4. The molecular formula is C16H23N3O4. The Morgan fingerprint density at radius 1 is 1.30 bits per heavy atom. The van der Waals surface area contributed by atoms with E-state index in [1.54, 1.807) is 6.08 Å². The van der Waals surface area contributed by atoms with Crippen LogP contribution in [0.5, 0.6) is 0 Å². The third-order valence-electron chi connectivity index (χ3n) is 5.00. The number of nitrogens with zero attached hydrogens (tertiary/aromatic N) is 1. The number of aliphatic carboxylic acids is 1. The van der Waals surface area contributed by atoms with E-state index in [4.69, 9.17) is 0 Å². The van der Waals surface area contributed by atoms with Crippen LogP contribution in [0.3, 0.4) is 0 Å². The molecule has 3 atom stereocenters. The summed E-state index contributed by atoms with van der Waals surface area (Å²) < 4.78 is 0. The Morgan fingerprint density at radius 2 is 2.13 bits per heavy atom. The summed E-state index contributed by atoms with van der Waals surface area (Å²) in [5.74, 6) is -2.78. The van der Waals surface area contributed by atoms with Gasteiger partial charge in [0.05, 0.1) is 12.0 Å². The van der Waals surface area contributed by atoms with Gasteiger partial charge in [0.2, 0.25) is 11.4 Å². The number of fused-ring (bicyclic) bond motifs is 2. The molecule has 7 nitrogen and oxygen atoms in total. The van der Waals surface area contributed by atoms with E-state index in [1.807, 2.05) is 11.0 Å². The van der Waals surface area contributed by atoms with Crippen LogP contribution in [0.4, 0.5) is 0 Å². The first-order chi connectivity index (χ1) is 11.1. The second-order valence-corrected chi connectivity index (χ2v) is 6.50. The normalized spacial score (nSPS) is 37.2. The van der Waals surface area contributed by atoms with Gasteiger partial charge in [0.1, 0.15) is 0 Å². The van der Waals surface area contributed by atoms with E-state index in [0.29, 0.717) is 13.1 Å². The smallest absolute Gasteiger partial charge is 0.338 e. The number of amides is 1. The fraction of sp³-hybridized carbons (Fsp3) is 0.688. The van der Waals surface area contributed by atoms with Gasteiger partial charge in [-0.05, 0) is 38.6 Å². The Hall–Kier alpha value is -1.73. The van der Waals surface area contributed by atoms with Crippen LogP contribution in [0, 0.1) is 5.92 Å². The summed E-state index contributed by atoms with van der Waals surface area (Å²) in [5, 5.41) is 15.3. The van der Waals surface area contributed by atoms with Crippen molar-refractivity contribution in [3.63, 3.8) is 0 Å².